The average Bonchev–Trinajstić information content (AvgIpc) is 2.75. The number of halogens is 1. The number of hydrogen-bond donors (Lipinski definition) is 1. The van der Waals surface area contributed by atoms with E-state index in [2.05, 4.69) is 15.1 Å². The van der Waals surface area contributed by atoms with E-state index in [-0.39, 0.29) is 11.5 Å². The van der Waals surface area contributed by atoms with Crippen molar-refractivity contribution in [2.75, 3.05) is 6.54 Å². The summed E-state index contributed by atoms with van der Waals surface area (Å²) in [5.74, 6) is 0.236. The highest BCUT2D eigenvalue weighted by atomic mass is 19.1. The highest BCUT2D eigenvalue weighted by Crippen LogP contribution is 2.19. The van der Waals surface area contributed by atoms with Gasteiger partial charge in [0.05, 0.1) is 11.8 Å². The number of rotatable bonds is 4. The second kappa shape index (κ2) is 4.80. The predicted octanol–water partition coefficient (Wildman–Crippen LogP) is 1.16. The SMILES string of the molecule is NCCCc1noc(-c2ccncc2F)n1. The second-order valence-electron chi connectivity index (χ2n) is 3.26. The van der Waals surface area contributed by atoms with Crippen LogP contribution in [0.1, 0.15) is 12.2 Å². The van der Waals surface area contributed by atoms with E-state index < -0.39 is 5.82 Å². The largest absolute Gasteiger partial charge is 0.334 e. The van der Waals surface area contributed by atoms with Crippen molar-refractivity contribution < 1.29 is 8.91 Å². The number of nitrogens with two attached hydrogens (primary N) is 1. The number of aromatic nitrogens is 3. The van der Waals surface area contributed by atoms with E-state index in [9.17, 15) is 4.39 Å². The van der Waals surface area contributed by atoms with Gasteiger partial charge >= 0.3 is 0 Å². The van der Waals surface area contributed by atoms with Gasteiger partial charge in [-0.05, 0) is 19.0 Å². The molecule has 2 aromatic rings. The first-order valence-corrected chi connectivity index (χ1v) is 4.94. The molecule has 0 radical (unpaired) electrons. The van der Waals surface area contributed by atoms with Gasteiger partial charge < -0.3 is 10.3 Å². The molecule has 0 aliphatic rings. The van der Waals surface area contributed by atoms with E-state index in [0.717, 1.165) is 12.6 Å². The molecule has 2 N–H and O–H groups in total. The van der Waals surface area contributed by atoms with Crippen LogP contribution in [0.3, 0.4) is 0 Å². The van der Waals surface area contributed by atoms with E-state index in [4.69, 9.17) is 10.3 Å². The van der Waals surface area contributed by atoms with Gasteiger partial charge in [-0.25, -0.2) is 4.39 Å². The maximum Gasteiger partial charge on any atom is 0.261 e. The molecule has 0 bridgehead atoms. The Morgan fingerprint density at radius 1 is 1.44 bits per heavy atom. The highest BCUT2D eigenvalue weighted by Gasteiger charge is 2.12. The normalized spacial score (nSPS) is 10.6. The molecular weight excluding hydrogens is 211 g/mol. The zero-order valence-electron chi connectivity index (χ0n) is 8.56. The molecule has 0 aromatic carbocycles. The lowest BCUT2D eigenvalue weighted by Crippen LogP contribution is -2.01. The standard InChI is InChI=1S/C10H11FN4O/c11-8-6-13-5-3-7(8)10-14-9(15-16-10)2-1-4-12/h3,5-6H,1-2,4,12H2. The lowest BCUT2D eigenvalue weighted by molar-refractivity contribution is 0.419. The van der Waals surface area contributed by atoms with Gasteiger partial charge in [0.2, 0.25) is 0 Å². The lowest BCUT2D eigenvalue weighted by Gasteiger charge is -1.93. The van der Waals surface area contributed by atoms with Gasteiger partial charge in [-0.1, -0.05) is 5.16 Å². The topological polar surface area (TPSA) is 77.8 Å². The third-order valence-corrected chi connectivity index (χ3v) is 2.08. The summed E-state index contributed by atoms with van der Waals surface area (Å²) in [6.45, 7) is 0.563. The zero-order valence-corrected chi connectivity index (χ0v) is 8.56. The number of pyridine rings is 1. The molecule has 84 valence electrons. The van der Waals surface area contributed by atoms with Crippen molar-refractivity contribution in [3.05, 3.63) is 30.1 Å². The first-order valence-electron chi connectivity index (χ1n) is 4.94. The number of nitrogens with zero attached hydrogens (tertiary/aromatic N) is 3. The molecule has 0 amide bonds. The van der Waals surface area contributed by atoms with Crippen LogP contribution in [0.15, 0.2) is 23.0 Å². The van der Waals surface area contributed by atoms with E-state index in [0.29, 0.717) is 18.8 Å². The molecule has 16 heavy (non-hydrogen) atoms. The zero-order chi connectivity index (χ0) is 11.4. The fourth-order valence-electron chi connectivity index (χ4n) is 1.27. The molecule has 0 spiro atoms. The molecule has 5 nitrogen and oxygen atoms in total. The van der Waals surface area contributed by atoms with Gasteiger partial charge in [0.25, 0.3) is 5.89 Å². The Labute approximate surface area is 91.5 Å². The molecule has 0 atom stereocenters. The smallest absolute Gasteiger partial charge is 0.261 e. The van der Waals surface area contributed by atoms with Crippen LogP contribution in [0.2, 0.25) is 0 Å². The molecule has 2 heterocycles. The van der Waals surface area contributed by atoms with Crippen LogP contribution in [0, 0.1) is 5.82 Å². The summed E-state index contributed by atoms with van der Waals surface area (Å²) in [4.78, 5) is 7.72. The third kappa shape index (κ3) is 2.22. The molecule has 2 aromatic heterocycles. The minimum atomic E-state index is -0.475. The van der Waals surface area contributed by atoms with E-state index in [1.807, 2.05) is 0 Å². The van der Waals surface area contributed by atoms with Crippen molar-refractivity contribution in [2.24, 2.45) is 5.73 Å². The summed E-state index contributed by atoms with van der Waals surface area (Å²) < 4.78 is 18.3. The minimum absolute atomic E-state index is 0.173. The van der Waals surface area contributed by atoms with Gasteiger partial charge in [-0.15, -0.1) is 0 Å². The third-order valence-electron chi connectivity index (χ3n) is 2.08. The van der Waals surface area contributed by atoms with Crippen LogP contribution in [0.25, 0.3) is 11.5 Å². The summed E-state index contributed by atoms with van der Waals surface area (Å²) >= 11 is 0. The van der Waals surface area contributed by atoms with Crippen LogP contribution < -0.4 is 5.73 Å². The molecule has 0 unspecified atom stereocenters. The molecule has 2 rings (SSSR count). The Morgan fingerprint density at radius 2 is 2.31 bits per heavy atom. The molecule has 0 saturated carbocycles. The highest BCUT2D eigenvalue weighted by molar-refractivity contribution is 5.52. The summed E-state index contributed by atoms with van der Waals surface area (Å²) in [5.41, 5.74) is 5.63. The second-order valence-corrected chi connectivity index (χ2v) is 3.26. The summed E-state index contributed by atoms with van der Waals surface area (Å²) in [5, 5.41) is 3.74. The molecule has 6 heteroatoms. The van der Waals surface area contributed by atoms with Gasteiger partial charge in [0.1, 0.15) is 0 Å². The van der Waals surface area contributed by atoms with E-state index >= 15 is 0 Å². The van der Waals surface area contributed by atoms with Crippen LogP contribution in [-0.4, -0.2) is 21.7 Å². The number of hydrogen-bond acceptors (Lipinski definition) is 5. The first-order chi connectivity index (χ1) is 7.81. The Hall–Kier alpha value is -1.82. The Bertz CT molecular complexity index is 471. The van der Waals surface area contributed by atoms with Crippen LogP contribution in [-0.2, 0) is 6.42 Å². The van der Waals surface area contributed by atoms with Crippen molar-refractivity contribution in [3.63, 3.8) is 0 Å². The van der Waals surface area contributed by atoms with Crippen molar-refractivity contribution in [1.29, 1.82) is 0 Å². The summed E-state index contributed by atoms with van der Waals surface area (Å²) in [6, 6.07) is 1.50. The monoisotopic (exact) mass is 222 g/mol. The van der Waals surface area contributed by atoms with Crippen LogP contribution in [0.4, 0.5) is 4.39 Å². The van der Waals surface area contributed by atoms with Gasteiger partial charge in [-0.2, -0.15) is 4.98 Å². The lowest BCUT2D eigenvalue weighted by atomic mass is 10.2. The van der Waals surface area contributed by atoms with E-state index in [1.54, 1.807) is 0 Å². The molecule has 0 aliphatic heterocycles. The first kappa shape index (κ1) is 10.7. The van der Waals surface area contributed by atoms with Gasteiger partial charge in [-0.3, -0.25) is 4.98 Å². The van der Waals surface area contributed by atoms with Crippen molar-refractivity contribution >= 4 is 0 Å². The Kier molecular flexibility index (Phi) is 3.21. The Balaban J connectivity index is 2.22. The van der Waals surface area contributed by atoms with Crippen LogP contribution in [0.5, 0.6) is 0 Å². The fourth-order valence-corrected chi connectivity index (χ4v) is 1.27. The number of aryl methyl sites for hydroxylation is 1. The molecule has 0 aliphatic carbocycles. The Morgan fingerprint density at radius 3 is 3.06 bits per heavy atom. The van der Waals surface area contributed by atoms with Crippen LogP contribution >= 0.6 is 0 Å². The quantitative estimate of drug-likeness (QED) is 0.839. The average molecular weight is 222 g/mol. The summed E-state index contributed by atoms with van der Waals surface area (Å²) in [7, 11) is 0. The predicted molar refractivity (Wildman–Crippen MR) is 54.9 cm³/mol. The molecular formula is C10H11FN4O. The minimum Gasteiger partial charge on any atom is -0.334 e. The maximum absolute atomic E-state index is 13.3. The van der Waals surface area contributed by atoms with Crippen molar-refractivity contribution in [3.8, 4) is 11.5 Å². The molecule has 0 fully saturated rings. The van der Waals surface area contributed by atoms with Gasteiger partial charge in [0, 0.05) is 12.6 Å². The van der Waals surface area contributed by atoms with E-state index in [1.165, 1.54) is 12.3 Å². The summed E-state index contributed by atoms with van der Waals surface area (Å²) in [6.07, 6.45) is 3.99. The van der Waals surface area contributed by atoms with Crippen molar-refractivity contribution in [1.82, 2.24) is 15.1 Å². The molecule has 0 saturated heterocycles. The maximum atomic E-state index is 13.3. The van der Waals surface area contributed by atoms with Crippen molar-refractivity contribution in [2.45, 2.75) is 12.8 Å². The van der Waals surface area contributed by atoms with Gasteiger partial charge in [0.15, 0.2) is 11.6 Å². The fraction of sp³-hybridized carbons (Fsp3) is 0.300.